The Balaban J connectivity index is 1.85. The standard InChI is InChI=1S/C26H28N4O2/c1-5-12-21-19(6-2)23(20-15-10-11-16-22(20)27-21)25(31)28-24-17(3)29(4)30(26(24)32)18-13-8-7-9-14-18/h7-11,13-16H,5-6,12H2,1-4H3,(H,28,31). The predicted molar refractivity (Wildman–Crippen MR) is 129 cm³/mol. The molecule has 0 fully saturated rings. The maximum atomic E-state index is 13.6. The minimum atomic E-state index is -0.274. The number of carbonyl (C=O) groups is 1. The molecule has 0 atom stereocenters. The van der Waals surface area contributed by atoms with Gasteiger partial charge in [-0.3, -0.25) is 19.3 Å². The topological polar surface area (TPSA) is 68.9 Å². The molecule has 0 aliphatic rings. The van der Waals surface area contributed by atoms with Crippen LogP contribution in [0.15, 0.2) is 59.4 Å². The van der Waals surface area contributed by atoms with E-state index in [0.717, 1.165) is 40.7 Å². The zero-order valence-corrected chi connectivity index (χ0v) is 19.0. The van der Waals surface area contributed by atoms with Crippen molar-refractivity contribution < 1.29 is 4.79 Å². The lowest BCUT2D eigenvalue weighted by Crippen LogP contribution is -2.24. The molecular weight excluding hydrogens is 400 g/mol. The third-order valence-electron chi connectivity index (χ3n) is 5.94. The number of hydrogen-bond donors (Lipinski definition) is 1. The molecule has 6 heteroatoms. The Morgan fingerprint density at radius 1 is 1.03 bits per heavy atom. The number of benzene rings is 2. The molecule has 0 aliphatic heterocycles. The number of aromatic nitrogens is 3. The molecule has 0 spiro atoms. The molecule has 4 rings (SSSR count). The fourth-order valence-electron chi connectivity index (χ4n) is 4.27. The first-order chi connectivity index (χ1) is 15.5. The van der Waals surface area contributed by atoms with Gasteiger partial charge in [0.15, 0.2) is 0 Å². The van der Waals surface area contributed by atoms with Gasteiger partial charge in [0.2, 0.25) is 0 Å². The highest BCUT2D eigenvalue weighted by Crippen LogP contribution is 2.26. The van der Waals surface area contributed by atoms with Crippen molar-refractivity contribution in [2.45, 2.75) is 40.0 Å². The van der Waals surface area contributed by atoms with Crippen molar-refractivity contribution in [3.63, 3.8) is 0 Å². The Morgan fingerprint density at radius 3 is 2.41 bits per heavy atom. The van der Waals surface area contributed by atoms with Gasteiger partial charge in [-0.15, -0.1) is 0 Å². The van der Waals surface area contributed by atoms with E-state index >= 15 is 0 Å². The summed E-state index contributed by atoms with van der Waals surface area (Å²) < 4.78 is 3.33. The van der Waals surface area contributed by atoms with Crippen LogP contribution in [0.4, 0.5) is 5.69 Å². The SMILES string of the molecule is CCCc1nc2ccccc2c(C(=O)Nc2c(C)n(C)n(-c3ccccc3)c2=O)c1CC. The highest BCUT2D eigenvalue weighted by molar-refractivity contribution is 6.13. The number of anilines is 1. The number of fused-ring (bicyclic) bond motifs is 1. The lowest BCUT2D eigenvalue weighted by Gasteiger charge is -2.15. The smallest absolute Gasteiger partial charge is 0.295 e. The molecule has 0 unspecified atom stereocenters. The highest BCUT2D eigenvalue weighted by Gasteiger charge is 2.23. The van der Waals surface area contributed by atoms with Crippen molar-refractivity contribution in [1.29, 1.82) is 0 Å². The summed E-state index contributed by atoms with van der Waals surface area (Å²) in [4.78, 5) is 31.7. The third kappa shape index (κ3) is 3.62. The lowest BCUT2D eigenvalue weighted by atomic mass is 9.96. The van der Waals surface area contributed by atoms with Crippen LogP contribution in [0.25, 0.3) is 16.6 Å². The number of nitrogens with one attached hydrogen (secondary N) is 1. The number of rotatable bonds is 6. The van der Waals surface area contributed by atoms with E-state index in [1.807, 2.05) is 75.5 Å². The van der Waals surface area contributed by atoms with Crippen LogP contribution in [-0.4, -0.2) is 20.3 Å². The van der Waals surface area contributed by atoms with E-state index in [2.05, 4.69) is 12.2 Å². The van der Waals surface area contributed by atoms with Gasteiger partial charge in [0.1, 0.15) is 5.69 Å². The van der Waals surface area contributed by atoms with E-state index in [1.165, 1.54) is 0 Å². The minimum absolute atomic E-state index is 0.255. The van der Waals surface area contributed by atoms with E-state index in [4.69, 9.17) is 4.98 Å². The predicted octanol–water partition coefficient (Wildman–Crippen LogP) is 4.80. The van der Waals surface area contributed by atoms with Crippen LogP contribution < -0.4 is 10.9 Å². The largest absolute Gasteiger partial charge is 0.316 e. The number of para-hydroxylation sites is 2. The van der Waals surface area contributed by atoms with Gasteiger partial charge in [-0.2, -0.15) is 0 Å². The number of nitrogens with zero attached hydrogens (tertiary/aromatic N) is 3. The Morgan fingerprint density at radius 2 is 1.72 bits per heavy atom. The fourth-order valence-corrected chi connectivity index (χ4v) is 4.27. The second kappa shape index (κ2) is 8.83. The Labute approximate surface area is 187 Å². The zero-order chi connectivity index (χ0) is 22.8. The number of carbonyl (C=O) groups excluding carboxylic acids is 1. The number of hydrogen-bond acceptors (Lipinski definition) is 3. The molecule has 6 nitrogen and oxygen atoms in total. The van der Waals surface area contributed by atoms with E-state index in [0.29, 0.717) is 23.4 Å². The van der Waals surface area contributed by atoms with Gasteiger partial charge in [0.25, 0.3) is 11.5 Å². The first kappa shape index (κ1) is 21.6. The van der Waals surface area contributed by atoms with Gasteiger partial charge < -0.3 is 5.32 Å². The molecule has 0 saturated heterocycles. The Hall–Kier alpha value is -3.67. The molecule has 0 saturated carbocycles. The van der Waals surface area contributed by atoms with Crippen molar-refractivity contribution in [3.05, 3.63) is 87.5 Å². The van der Waals surface area contributed by atoms with Gasteiger partial charge in [0, 0.05) is 18.1 Å². The summed E-state index contributed by atoms with van der Waals surface area (Å²) in [5, 5.41) is 3.75. The molecule has 4 aromatic rings. The summed E-state index contributed by atoms with van der Waals surface area (Å²) in [5.41, 5.74) is 4.77. The normalized spacial score (nSPS) is 11.1. The van der Waals surface area contributed by atoms with Gasteiger partial charge >= 0.3 is 0 Å². The molecule has 2 aromatic carbocycles. The van der Waals surface area contributed by atoms with Crippen LogP contribution in [0.2, 0.25) is 0 Å². The van der Waals surface area contributed by atoms with E-state index in [1.54, 1.807) is 9.36 Å². The average Bonchev–Trinajstić information content (AvgIpc) is 3.01. The van der Waals surface area contributed by atoms with Crippen LogP contribution in [0.1, 0.15) is 47.6 Å². The van der Waals surface area contributed by atoms with Crippen LogP contribution in [0, 0.1) is 6.92 Å². The number of amides is 1. The fraction of sp³-hybridized carbons (Fsp3) is 0.269. The summed E-state index contributed by atoms with van der Waals surface area (Å²) in [7, 11) is 1.82. The maximum Gasteiger partial charge on any atom is 0.295 e. The maximum absolute atomic E-state index is 13.6. The van der Waals surface area contributed by atoms with Gasteiger partial charge in [-0.25, -0.2) is 4.68 Å². The highest BCUT2D eigenvalue weighted by atomic mass is 16.2. The van der Waals surface area contributed by atoms with Crippen molar-refractivity contribution in [1.82, 2.24) is 14.3 Å². The summed E-state index contributed by atoms with van der Waals surface area (Å²) >= 11 is 0. The van der Waals surface area contributed by atoms with Crippen molar-refractivity contribution in [2.24, 2.45) is 7.05 Å². The van der Waals surface area contributed by atoms with Crippen LogP contribution >= 0.6 is 0 Å². The van der Waals surface area contributed by atoms with Gasteiger partial charge in [0.05, 0.1) is 22.5 Å². The summed E-state index contributed by atoms with van der Waals surface area (Å²) in [5.74, 6) is -0.274. The third-order valence-corrected chi connectivity index (χ3v) is 5.94. The van der Waals surface area contributed by atoms with E-state index in [-0.39, 0.29) is 11.5 Å². The van der Waals surface area contributed by atoms with Crippen molar-refractivity contribution in [3.8, 4) is 5.69 Å². The number of aryl methyl sites for hydroxylation is 1. The zero-order valence-electron chi connectivity index (χ0n) is 19.0. The Bertz CT molecular complexity index is 1350. The molecule has 0 aliphatic carbocycles. The van der Waals surface area contributed by atoms with Crippen molar-refractivity contribution in [2.75, 3.05) is 5.32 Å². The average molecular weight is 429 g/mol. The van der Waals surface area contributed by atoms with E-state index in [9.17, 15) is 9.59 Å². The quantitative estimate of drug-likeness (QED) is 0.480. The van der Waals surface area contributed by atoms with Crippen LogP contribution in [-0.2, 0) is 19.9 Å². The summed E-state index contributed by atoms with van der Waals surface area (Å²) in [6.45, 7) is 5.98. The molecule has 2 aromatic heterocycles. The van der Waals surface area contributed by atoms with Gasteiger partial charge in [-0.05, 0) is 43.5 Å². The second-order valence-electron chi connectivity index (χ2n) is 7.92. The minimum Gasteiger partial charge on any atom is -0.316 e. The molecule has 0 bridgehead atoms. The number of pyridine rings is 1. The first-order valence-corrected chi connectivity index (χ1v) is 11.0. The molecule has 1 N–H and O–H groups in total. The van der Waals surface area contributed by atoms with E-state index < -0.39 is 0 Å². The monoisotopic (exact) mass is 428 g/mol. The molecule has 164 valence electrons. The lowest BCUT2D eigenvalue weighted by molar-refractivity contribution is 0.102. The molecule has 2 heterocycles. The molecular formula is C26H28N4O2. The molecule has 32 heavy (non-hydrogen) atoms. The van der Waals surface area contributed by atoms with Crippen LogP contribution in [0.3, 0.4) is 0 Å². The van der Waals surface area contributed by atoms with Crippen molar-refractivity contribution >= 4 is 22.5 Å². The first-order valence-electron chi connectivity index (χ1n) is 11.0. The Kier molecular flexibility index (Phi) is 5.95. The molecule has 0 radical (unpaired) electrons. The summed E-state index contributed by atoms with van der Waals surface area (Å²) in [6, 6.07) is 17.1. The summed E-state index contributed by atoms with van der Waals surface area (Å²) in [6.07, 6.45) is 2.44. The molecule has 1 amide bonds. The second-order valence-corrected chi connectivity index (χ2v) is 7.92. The van der Waals surface area contributed by atoms with Gasteiger partial charge in [-0.1, -0.05) is 56.7 Å². The van der Waals surface area contributed by atoms with Crippen LogP contribution in [0.5, 0.6) is 0 Å².